The molecule has 1 amide bonds. The van der Waals surface area contributed by atoms with E-state index in [0.717, 1.165) is 12.3 Å². The number of nitrogens with zero attached hydrogens (tertiary/aromatic N) is 3. The largest absolute Gasteiger partial charge is 0.421 e. The normalized spacial score (nSPS) is 11.2. The number of aromatic nitrogens is 2. The van der Waals surface area contributed by atoms with Crippen LogP contribution < -0.4 is 16.1 Å². The number of amides is 1. The van der Waals surface area contributed by atoms with Gasteiger partial charge in [-0.25, -0.2) is 14.8 Å². The molecule has 0 aliphatic heterocycles. The molecule has 0 aliphatic carbocycles. The van der Waals surface area contributed by atoms with Crippen LogP contribution >= 0.6 is 0 Å². The average Bonchev–Trinajstić information content (AvgIpc) is 2.74. The topological polar surface area (TPSA) is 91.3 Å². The number of carbonyl (C=O) groups is 1. The van der Waals surface area contributed by atoms with Crippen LogP contribution in [0, 0.1) is 5.82 Å². The highest BCUT2D eigenvalue weighted by Gasteiger charge is 2.35. The van der Waals surface area contributed by atoms with Gasteiger partial charge in [-0.1, -0.05) is 30.8 Å². The first-order valence-corrected chi connectivity index (χ1v) is 9.04. The van der Waals surface area contributed by atoms with E-state index in [1.54, 1.807) is 12.1 Å². The van der Waals surface area contributed by atoms with Crippen molar-refractivity contribution in [3.63, 3.8) is 0 Å². The fraction of sp³-hybridized carbons (Fsp3) is 0.0476. The molecule has 3 aromatic rings. The van der Waals surface area contributed by atoms with Gasteiger partial charge in [-0.15, -0.1) is 0 Å². The zero-order valence-electron chi connectivity index (χ0n) is 16.3. The molecule has 0 spiro atoms. The van der Waals surface area contributed by atoms with Gasteiger partial charge in [0.15, 0.2) is 0 Å². The molecule has 0 saturated carbocycles. The lowest BCUT2D eigenvalue weighted by Gasteiger charge is -2.14. The van der Waals surface area contributed by atoms with Gasteiger partial charge in [-0.3, -0.25) is 4.79 Å². The molecule has 0 saturated heterocycles. The third kappa shape index (κ3) is 5.88. The van der Waals surface area contributed by atoms with Gasteiger partial charge in [-0.05, 0) is 30.3 Å². The van der Waals surface area contributed by atoms with Crippen LogP contribution in [-0.4, -0.2) is 22.1 Å². The summed E-state index contributed by atoms with van der Waals surface area (Å²) in [5, 5.41) is 8.84. The Bertz CT molecular complexity index is 1160. The Kier molecular flexibility index (Phi) is 6.78. The third-order valence-corrected chi connectivity index (χ3v) is 3.95. The van der Waals surface area contributed by atoms with Crippen LogP contribution in [0.2, 0.25) is 0 Å². The average molecular weight is 444 g/mol. The van der Waals surface area contributed by atoms with Crippen LogP contribution in [0.5, 0.6) is 0 Å². The maximum absolute atomic E-state index is 13.6. The SMILES string of the molecule is C=CC(=O)Nc1cccc(Nc2nc(N/N=C/c3ccccc3F)ncc2C(F)(F)F)c1. The minimum atomic E-state index is -4.73. The standard InChI is InChI=1S/C21H16F4N6O/c1-2-18(32)28-14-7-5-8-15(10-14)29-19-16(21(23,24)25)12-26-20(30-19)31-27-11-13-6-3-4-9-17(13)22/h2-12H,1H2,(H,28,32)(H2,26,29,30,31)/b27-11+. The Labute approximate surface area is 179 Å². The fourth-order valence-electron chi connectivity index (χ4n) is 2.48. The smallest absolute Gasteiger partial charge is 0.339 e. The monoisotopic (exact) mass is 444 g/mol. The minimum Gasteiger partial charge on any atom is -0.339 e. The highest BCUT2D eigenvalue weighted by molar-refractivity contribution is 5.99. The molecule has 2 aromatic carbocycles. The van der Waals surface area contributed by atoms with E-state index >= 15 is 0 Å². The number of hydrogen-bond donors (Lipinski definition) is 3. The van der Waals surface area contributed by atoms with Crippen LogP contribution in [0.25, 0.3) is 0 Å². The van der Waals surface area contributed by atoms with Crippen molar-refractivity contribution >= 4 is 35.3 Å². The summed E-state index contributed by atoms with van der Waals surface area (Å²) in [7, 11) is 0. The number of hydrogen-bond acceptors (Lipinski definition) is 6. The lowest BCUT2D eigenvalue weighted by atomic mass is 10.2. The molecule has 32 heavy (non-hydrogen) atoms. The van der Waals surface area contributed by atoms with Crippen molar-refractivity contribution in [2.24, 2.45) is 5.10 Å². The maximum Gasteiger partial charge on any atom is 0.421 e. The molecular weight excluding hydrogens is 428 g/mol. The fourth-order valence-corrected chi connectivity index (χ4v) is 2.48. The molecule has 3 N–H and O–H groups in total. The van der Waals surface area contributed by atoms with E-state index in [-0.39, 0.29) is 17.2 Å². The lowest BCUT2D eigenvalue weighted by Crippen LogP contribution is -2.13. The van der Waals surface area contributed by atoms with Gasteiger partial charge in [0.25, 0.3) is 0 Å². The molecule has 11 heteroatoms. The van der Waals surface area contributed by atoms with E-state index in [9.17, 15) is 22.4 Å². The molecule has 0 atom stereocenters. The summed E-state index contributed by atoms with van der Waals surface area (Å²) in [5.41, 5.74) is 2.01. The second-order valence-electron chi connectivity index (χ2n) is 6.24. The maximum atomic E-state index is 13.6. The predicted octanol–water partition coefficient (Wildman–Crippen LogP) is 4.95. The third-order valence-electron chi connectivity index (χ3n) is 3.95. The summed E-state index contributed by atoms with van der Waals surface area (Å²) < 4.78 is 53.9. The van der Waals surface area contributed by atoms with Crippen molar-refractivity contribution in [2.75, 3.05) is 16.1 Å². The highest BCUT2D eigenvalue weighted by atomic mass is 19.4. The van der Waals surface area contributed by atoms with Crippen molar-refractivity contribution in [3.05, 3.63) is 84.3 Å². The number of carbonyl (C=O) groups excluding carboxylic acids is 1. The van der Waals surface area contributed by atoms with E-state index in [2.05, 4.69) is 37.7 Å². The summed E-state index contributed by atoms with van der Waals surface area (Å²) in [5.74, 6) is -1.77. The van der Waals surface area contributed by atoms with E-state index in [4.69, 9.17) is 0 Å². The quantitative estimate of drug-likeness (QED) is 0.208. The van der Waals surface area contributed by atoms with Crippen molar-refractivity contribution in [1.29, 1.82) is 0 Å². The van der Waals surface area contributed by atoms with Crippen LogP contribution in [0.4, 0.5) is 40.7 Å². The van der Waals surface area contributed by atoms with Crippen LogP contribution in [0.3, 0.4) is 0 Å². The number of hydrazone groups is 1. The molecule has 0 fully saturated rings. The number of nitrogens with one attached hydrogen (secondary N) is 3. The molecule has 0 unspecified atom stereocenters. The Morgan fingerprint density at radius 2 is 1.84 bits per heavy atom. The van der Waals surface area contributed by atoms with Gasteiger partial charge < -0.3 is 10.6 Å². The molecule has 164 valence electrons. The number of rotatable bonds is 7. The van der Waals surface area contributed by atoms with Gasteiger partial charge in [-0.2, -0.15) is 23.3 Å². The number of alkyl halides is 3. The van der Waals surface area contributed by atoms with Crippen LogP contribution in [0.1, 0.15) is 11.1 Å². The molecular formula is C21H16F4N6O. The Hall–Kier alpha value is -4.28. The van der Waals surface area contributed by atoms with E-state index in [1.807, 2.05) is 0 Å². The Morgan fingerprint density at radius 1 is 1.09 bits per heavy atom. The van der Waals surface area contributed by atoms with Crippen LogP contribution in [-0.2, 0) is 11.0 Å². The molecule has 0 bridgehead atoms. The van der Waals surface area contributed by atoms with Crippen molar-refractivity contribution < 1.29 is 22.4 Å². The van der Waals surface area contributed by atoms with Gasteiger partial charge in [0.1, 0.15) is 17.2 Å². The summed E-state index contributed by atoms with van der Waals surface area (Å²) >= 11 is 0. The zero-order chi connectivity index (χ0) is 23.1. The van der Waals surface area contributed by atoms with Crippen molar-refractivity contribution in [3.8, 4) is 0 Å². The minimum absolute atomic E-state index is 0.170. The van der Waals surface area contributed by atoms with Crippen LogP contribution in [0.15, 0.2) is 72.5 Å². The first-order valence-electron chi connectivity index (χ1n) is 9.04. The Balaban J connectivity index is 1.85. The lowest BCUT2D eigenvalue weighted by molar-refractivity contribution is -0.137. The molecule has 1 heterocycles. The van der Waals surface area contributed by atoms with Gasteiger partial charge >= 0.3 is 6.18 Å². The molecule has 0 aliphatic rings. The summed E-state index contributed by atoms with van der Waals surface area (Å²) in [6.07, 6.45) is -1.92. The number of anilines is 4. The van der Waals surface area contributed by atoms with Gasteiger partial charge in [0.05, 0.1) is 6.21 Å². The number of benzene rings is 2. The first kappa shape index (κ1) is 22.4. The summed E-state index contributed by atoms with van der Waals surface area (Å²) in [4.78, 5) is 18.9. The molecule has 7 nitrogen and oxygen atoms in total. The second kappa shape index (κ2) is 9.69. The van der Waals surface area contributed by atoms with E-state index < -0.39 is 29.3 Å². The molecule has 1 aromatic heterocycles. The second-order valence-corrected chi connectivity index (χ2v) is 6.24. The zero-order valence-corrected chi connectivity index (χ0v) is 16.3. The first-order chi connectivity index (χ1) is 15.3. The number of halogens is 4. The van der Waals surface area contributed by atoms with Crippen molar-refractivity contribution in [2.45, 2.75) is 6.18 Å². The summed E-state index contributed by atoms with van der Waals surface area (Å²) in [6, 6.07) is 11.8. The molecule has 0 radical (unpaired) electrons. The molecule has 3 rings (SSSR count). The predicted molar refractivity (Wildman–Crippen MR) is 113 cm³/mol. The van der Waals surface area contributed by atoms with Crippen molar-refractivity contribution in [1.82, 2.24) is 9.97 Å². The Morgan fingerprint density at radius 3 is 2.56 bits per heavy atom. The van der Waals surface area contributed by atoms with E-state index in [1.165, 1.54) is 36.4 Å². The van der Waals surface area contributed by atoms with E-state index in [0.29, 0.717) is 11.9 Å². The summed E-state index contributed by atoms with van der Waals surface area (Å²) in [6.45, 7) is 3.34. The van der Waals surface area contributed by atoms with Gasteiger partial charge in [0, 0.05) is 23.1 Å². The van der Waals surface area contributed by atoms with Gasteiger partial charge in [0.2, 0.25) is 11.9 Å². The highest BCUT2D eigenvalue weighted by Crippen LogP contribution is 2.35.